The molecule has 1 unspecified atom stereocenters. The van der Waals surface area contributed by atoms with Crippen LogP contribution in [-0.4, -0.2) is 54.7 Å². The number of likely N-dealkylation sites (N-methyl/N-ethyl adjacent to an activating group) is 1. The van der Waals surface area contributed by atoms with Gasteiger partial charge in [0.15, 0.2) is 0 Å². The molecule has 8 heteroatoms. The number of hydrogen-bond acceptors (Lipinski definition) is 5. The van der Waals surface area contributed by atoms with E-state index in [4.69, 9.17) is 0 Å². The number of carbonyl (C=O) groups excluding carboxylic acids is 1. The summed E-state index contributed by atoms with van der Waals surface area (Å²) in [7, 11) is -3.55. The molecule has 0 fully saturated rings. The molecular formula is C21H29N3O3S2. The topological polar surface area (TPSA) is 70.6 Å². The van der Waals surface area contributed by atoms with E-state index in [0.717, 1.165) is 5.56 Å². The van der Waals surface area contributed by atoms with Gasteiger partial charge in [-0.05, 0) is 31.5 Å². The number of carbonyl (C=O) groups is 1. The van der Waals surface area contributed by atoms with Crippen LogP contribution in [0.1, 0.15) is 38.5 Å². The van der Waals surface area contributed by atoms with E-state index in [2.05, 4.69) is 4.98 Å². The predicted octanol–water partition coefficient (Wildman–Crippen LogP) is 3.81. The van der Waals surface area contributed by atoms with Crippen LogP contribution in [0.4, 0.5) is 0 Å². The van der Waals surface area contributed by atoms with Gasteiger partial charge in [-0.15, -0.1) is 0 Å². The molecule has 0 saturated carbocycles. The van der Waals surface area contributed by atoms with Gasteiger partial charge in [0.1, 0.15) is 10.1 Å². The molecule has 1 atom stereocenters. The van der Waals surface area contributed by atoms with Gasteiger partial charge in [-0.1, -0.05) is 55.9 Å². The summed E-state index contributed by atoms with van der Waals surface area (Å²) in [4.78, 5) is 19.4. The summed E-state index contributed by atoms with van der Waals surface area (Å²) in [6, 6.07) is 12.8. The highest BCUT2D eigenvalue weighted by molar-refractivity contribution is 8.00. The summed E-state index contributed by atoms with van der Waals surface area (Å²) < 4.78 is 26.7. The molecular weight excluding hydrogens is 406 g/mol. The Morgan fingerprint density at radius 2 is 1.59 bits per heavy atom. The van der Waals surface area contributed by atoms with Gasteiger partial charge >= 0.3 is 0 Å². The smallest absolute Gasteiger partial charge is 0.244 e. The highest BCUT2D eigenvalue weighted by Crippen LogP contribution is 2.36. The zero-order chi connectivity index (χ0) is 21.4. The van der Waals surface area contributed by atoms with Gasteiger partial charge in [0.25, 0.3) is 0 Å². The van der Waals surface area contributed by atoms with Gasteiger partial charge in [0.05, 0.1) is 5.03 Å². The molecule has 0 radical (unpaired) electrons. The summed E-state index contributed by atoms with van der Waals surface area (Å²) >= 11 is 1.34. The molecule has 6 nitrogen and oxygen atoms in total. The van der Waals surface area contributed by atoms with Gasteiger partial charge in [-0.25, -0.2) is 13.4 Å². The first-order valence-corrected chi connectivity index (χ1v) is 12.2. The van der Waals surface area contributed by atoms with E-state index in [9.17, 15) is 13.2 Å². The Kier molecular flexibility index (Phi) is 8.67. The van der Waals surface area contributed by atoms with Crippen LogP contribution in [0.5, 0.6) is 0 Å². The lowest BCUT2D eigenvalue weighted by atomic mass is 10.1. The average Bonchev–Trinajstić information content (AvgIpc) is 2.74. The molecule has 0 N–H and O–H groups in total. The second-order valence-corrected chi connectivity index (χ2v) is 9.40. The quantitative estimate of drug-likeness (QED) is 0.531. The van der Waals surface area contributed by atoms with E-state index in [0.29, 0.717) is 31.2 Å². The summed E-state index contributed by atoms with van der Waals surface area (Å²) in [5.41, 5.74) is 0.899. The summed E-state index contributed by atoms with van der Waals surface area (Å²) in [5.74, 6) is 0.0211. The average molecular weight is 436 g/mol. The Balaban J connectivity index is 2.31. The summed E-state index contributed by atoms with van der Waals surface area (Å²) in [6.45, 7) is 9.61. The third-order valence-electron chi connectivity index (χ3n) is 4.69. The number of nitrogens with zero attached hydrogens (tertiary/aromatic N) is 3. The van der Waals surface area contributed by atoms with Crippen LogP contribution in [0.2, 0.25) is 0 Å². The van der Waals surface area contributed by atoms with Crippen LogP contribution >= 0.6 is 11.8 Å². The van der Waals surface area contributed by atoms with Gasteiger partial charge in [0.2, 0.25) is 15.9 Å². The number of rotatable bonds is 10. The monoisotopic (exact) mass is 435 g/mol. The van der Waals surface area contributed by atoms with Crippen molar-refractivity contribution in [2.24, 2.45) is 0 Å². The van der Waals surface area contributed by atoms with Gasteiger partial charge < -0.3 is 4.90 Å². The number of amides is 1. The molecule has 0 aliphatic carbocycles. The molecule has 1 aromatic carbocycles. The maximum absolute atomic E-state index is 13.1. The number of hydrogen-bond donors (Lipinski definition) is 0. The second-order valence-electron chi connectivity index (χ2n) is 6.34. The van der Waals surface area contributed by atoms with E-state index >= 15 is 0 Å². The molecule has 2 aromatic rings. The SMILES string of the molecule is CCN(CC)C(=O)C(Sc1ccc(S(=O)(=O)N(CC)CC)cn1)c1ccccc1. The Bertz CT molecular complexity index is 879. The normalized spacial score (nSPS) is 12.7. The standard InChI is InChI=1S/C21H29N3O3S2/c1-5-23(6-2)21(25)20(17-12-10-9-11-13-17)28-19-15-14-18(16-22-19)29(26,27)24(7-3)8-4/h9-16,20H,5-8H2,1-4H3. The molecule has 0 saturated heterocycles. The highest BCUT2D eigenvalue weighted by Gasteiger charge is 2.27. The van der Waals surface area contributed by atoms with Crippen LogP contribution in [0.25, 0.3) is 0 Å². The van der Waals surface area contributed by atoms with E-state index in [1.807, 2.05) is 58.0 Å². The maximum atomic E-state index is 13.1. The minimum Gasteiger partial charge on any atom is -0.342 e. The first-order valence-electron chi connectivity index (χ1n) is 9.85. The molecule has 158 valence electrons. The predicted molar refractivity (Wildman–Crippen MR) is 117 cm³/mol. The van der Waals surface area contributed by atoms with Crippen molar-refractivity contribution in [2.75, 3.05) is 26.2 Å². The molecule has 0 bridgehead atoms. The molecule has 1 heterocycles. The van der Waals surface area contributed by atoms with Crippen LogP contribution in [0, 0.1) is 0 Å². The fourth-order valence-electron chi connectivity index (χ4n) is 3.01. The van der Waals surface area contributed by atoms with Crippen molar-refractivity contribution in [3.05, 3.63) is 54.2 Å². The summed E-state index contributed by atoms with van der Waals surface area (Å²) in [5, 5.41) is 0.173. The largest absolute Gasteiger partial charge is 0.342 e. The van der Waals surface area contributed by atoms with E-state index in [-0.39, 0.29) is 10.8 Å². The maximum Gasteiger partial charge on any atom is 0.244 e. The number of aromatic nitrogens is 1. The fraction of sp³-hybridized carbons (Fsp3) is 0.429. The first-order chi connectivity index (χ1) is 13.9. The van der Waals surface area contributed by atoms with Crippen molar-refractivity contribution in [3.8, 4) is 0 Å². The van der Waals surface area contributed by atoms with Crippen LogP contribution in [0.15, 0.2) is 58.6 Å². The minimum absolute atomic E-state index is 0.0211. The fourth-order valence-corrected chi connectivity index (χ4v) is 5.46. The molecule has 1 aromatic heterocycles. The van der Waals surface area contributed by atoms with Crippen molar-refractivity contribution in [3.63, 3.8) is 0 Å². The van der Waals surface area contributed by atoms with Crippen LogP contribution in [0.3, 0.4) is 0 Å². The lowest BCUT2D eigenvalue weighted by molar-refractivity contribution is -0.130. The number of benzene rings is 1. The van der Waals surface area contributed by atoms with Gasteiger partial charge in [-0.2, -0.15) is 4.31 Å². The van der Waals surface area contributed by atoms with Crippen molar-refractivity contribution in [1.82, 2.24) is 14.2 Å². The molecule has 2 rings (SSSR count). The molecule has 0 aliphatic rings. The number of thioether (sulfide) groups is 1. The molecule has 29 heavy (non-hydrogen) atoms. The van der Waals surface area contributed by atoms with Gasteiger partial charge in [-0.3, -0.25) is 4.79 Å². The Labute approximate surface area is 178 Å². The Morgan fingerprint density at radius 1 is 0.966 bits per heavy atom. The van der Waals surface area contributed by atoms with E-state index in [1.54, 1.807) is 17.0 Å². The van der Waals surface area contributed by atoms with Crippen molar-refractivity contribution in [1.29, 1.82) is 0 Å². The molecule has 1 amide bonds. The molecule has 0 spiro atoms. The Hall–Kier alpha value is -1.90. The van der Waals surface area contributed by atoms with Crippen molar-refractivity contribution in [2.45, 2.75) is 42.9 Å². The lowest BCUT2D eigenvalue weighted by Gasteiger charge is -2.25. The Morgan fingerprint density at radius 3 is 2.07 bits per heavy atom. The van der Waals surface area contributed by atoms with Gasteiger partial charge in [0, 0.05) is 32.4 Å². The van der Waals surface area contributed by atoms with Crippen LogP contribution in [-0.2, 0) is 14.8 Å². The van der Waals surface area contributed by atoms with E-state index in [1.165, 1.54) is 22.3 Å². The van der Waals surface area contributed by atoms with E-state index < -0.39 is 15.3 Å². The highest BCUT2D eigenvalue weighted by atomic mass is 32.2. The lowest BCUT2D eigenvalue weighted by Crippen LogP contribution is -2.33. The second kappa shape index (κ2) is 10.8. The number of sulfonamides is 1. The van der Waals surface area contributed by atoms with Crippen molar-refractivity contribution >= 4 is 27.7 Å². The van der Waals surface area contributed by atoms with Crippen molar-refractivity contribution < 1.29 is 13.2 Å². The third-order valence-corrected chi connectivity index (χ3v) is 7.92. The minimum atomic E-state index is -3.55. The molecule has 0 aliphatic heterocycles. The summed E-state index contributed by atoms with van der Waals surface area (Å²) in [6.07, 6.45) is 1.37. The first kappa shape index (κ1) is 23.4. The third kappa shape index (κ3) is 5.58. The van der Waals surface area contributed by atoms with Crippen LogP contribution < -0.4 is 0 Å². The zero-order valence-electron chi connectivity index (χ0n) is 17.4. The number of pyridine rings is 1. The zero-order valence-corrected chi connectivity index (χ0v) is 19.0.